The van der Waals surface area contributed by atoms with E-state index in [1.165, 1.54) is 0 Å². The second kappa shape index (κ2) is 4.85. The lowest BCUT2D eigenvalue weighted by molar-refractivity contribution is -0.169. The number of carbonyl (C=O) groups excluding carboxylic acids is 1. The van der Waals surface area contributed by atoms with Crippen LogP contribution in [0.3, 0.4) is 0 Å². The van der Waals surface area contributed by atoms with Gasteiger partial charge in [0.1, 0.15) is 5.60 Å². The molecule has 4 nitrogen and oxygen atoms in total. The van der Waals surface area contributed by atoms with Crippen molar-refractivity contribution in [1.29, 1.82) is 0 Å². The van der Waals surface area contributed by atoms with Gasteiger partial charge in [-0.3, -0.25) is 9.59 Å². The van der Waals surface area contributed by atoms with Gasteiger partial charge in [0.2, 0.25) is 0 Å². The molecule has 0 radical (unpaired) electrons. The summed E-state index contributed by atoms with van der Waals surface area (Å²) in [5.41, 5.74) is -0.622. The fourth-order valence-electron chi connectivity index (χ4n) is 2.15. The van der Waals surface area contributed by atoms with Gasteiger partial charge in [-0.1, -0.05) is 12.8 Å². The highest BCUT2D eigenvalue weighted by molar-refractivity contribution is 5.94. The molecule has 0 aliphatic heterocycles. The third-order valence-electron chi connectivity index (χ3n) is 2.80. The first kappa shape index (κ1) is 13.0. The minimum absolute atomic E-state index is 0.0488. The predicted octanol–water partition coefficient (Wildman–Crippen LogP) is 2.22. The molecule has 0 aromatic carbocycles. The summed E-state index contributed by atoms with van der Waals surface area (Å²) in [6, 6.07) is 0. The average Bonchev–Trinajstić information content (AvgIpc) is 2.52. The molecule has 0 spiro atoms. The number of aliphatic carboxylic acids is 1. The van der Waals surface area contributed by atoms with E-state index >= 15 is 0 Å². The van der Waals surface area contributed by atoms with Crippen molar-refractivity contribution in [3.8, 4) is 0 Å². The Bertz CT molecular complexity index is 271. The molecule has 0 unspecified atom stereocenters. The van der Waals surface area contributed by atoms with Crippen molar-refractivity contribution < 1.29 is 19.4 Å². The molecule has 1 saturated carbocycles. The van der Waals surface area contributed by atoms with Gasteiger partial charge in [-0.15, -0.1) is 0 Å². The molecule has 1 atom stereocenters. The largest absolute Gasteiger partial charge is 0.481 e. The van der Waals surface area contributed by atoms with Gasteiger partial charge in [0.05, 0.1) is 0 Å². The van der Waals surface area contributed by atoms with E-state index in [0.29, 0.717) is 0 Å². The van der Waals surface area contributed by atoms with Gasteiger partial charge in [0, 0.05) is 0 Å². The van der Waals surface area contributed by atoms with Crippen molar-refractivity contribution in [2.75, 3.05) is 0 Å². The first-order valence-electron chi connectivity index (χ1n) is 5.77. The van der Waals surface area contributed by atoms with E-state index in [-0.39, 0.29) is 5.92 Å². The topological polar surface area (TPSA) is 63.6 Å². The van der Waals surface area contributed by atoms with Crippen LogP contribution in [-0.2, 0) is 14.3 Å². The molecule has 1 rings (SSSR count). The number of carboxylic acids is 1. The van der Waals surface area contributed by atoms with Gasteiger partial charge >= 0.3 is 11.9 Å². The van der Waals surface area contributed by atoms with Crippen LogP contribution in [0.2, 0.25) is 0 Å². The van der Waals surface area contributed by atoms with E-state index in [1.807, 2.05) is 0 Å². The van der Waals surface area contributed by atoms with Crippen molar-refractivity contribution in [3.63, 3.8) is 0 Å². The van der Waals surface area contributed by atoms with Gasteiger partial charge in [-0.2, -0.15) is 0 Å². The molecule has 92 valence electrons. The summed E-state index contributed by atoms with van der Waals surface area (Å²) in [6.45, 7) is 5.25. The summed E-state index contributed by atoms with van der Waals surface area (Å²) in [5.74, 6) is -2.68. The van der Waals surface area contributed by atoms with E-state index in [1.54, 1.807) is 20.8 Å². The zero-order valence-corrected chi connectivity index (χ0v) is 10.2. The first-order chi connectivity index (χ1) is 7.31. The lowest BCUT2D eigenvalue weighted by Gasteiger charge is -2.24. The van der Waals surface area contributed by atoms with Gasteiger partial charge in [0.25, 0.3) is 0 Å². The molecule has 1 fully saturated rings. The van der Waals surface area contributed by atoms with Crippen LogP contribution in [-0.4, -0.2) is 22.6 Å². The Kier molecular flexibility index (Phi) is 3.94. The van der Waals surface area contributed by atoms with E-state index in [4.69, 9.17) is 9.84 Å². The first-order valence-corrected chi connectivity index (χ1v) is 5.77. The Hall–Kier alpha value is -1.06. The number of hydrogen-bond acceptors (Lipinski definition) is 3. The van der Waals surface area contributed by atoms with Crippen molar-refractivity contribution in [3.05, 3.63) is 0 Å². The molecular weight excluding hydrogens is 208 g/mol. The number of carboxylic acid groups (broad SMARTS) is 1. The zero-order valence-electron chi connectivity index (χ0n) is 10.2. The lowest BCUT2D eigenvalue weighted by Crippen LogP contribution is -2.36. The molecule has 0 saturated heterocycles. The van der Waals surface area contributed by atoms with Gasteiger partial charge in [-0.25, -0.2) is 0 Å². The average molecular weight is 228 g/mol. The third kappa shape index (κ3) is 3.51. The van der Waals surface area contributed by atoms with Crippen LogP contribution in [0.1, 0.15) is 46.5 Å². The summed E-state index contributed by atoms with van der Waals surface area (Å²) in [7, 11) is 0. The highest BCUT2D eigenvalue weighted by atomic mass is 16.6. The fourth-order valence-corrected chi connectivity index (χ4v) is 2.15. The van der Waals surface area contributed by atoms with E-state index < -0.39 is 23.5 Å². The smallest absolute Gasteiger partial charge is 0.321 e. The van der Waals surface area contributed by atoms with Crippen LogP contribution < -0.4 is 0 Å². The van der Waals surface area contributed by atoms with E-state index in [9.17, 15) is 9.59 Å². The summed E-state index contributed by atoms with van der Waals surface area (Å²) < 4.78 is 5.15. The number of rotatable bonds is 3. The van der Waals surface area contributed by atoms with Crippen molar-refractivity contribution in [2.45, 2.75) is 52.1 Å². The Balaban J connectivity index is 2.70. The fraction of sp³-hybridized carbons (Fsp3) is 0.833. The monoisotopic (exact) mass is 228 g/mol. The maximum absolute atomic E-state index is 11.8. The zero-order chi connectivity index (χ0) is 12.3. The highest BCUT2D eigenvalue weighted by Crippen LogP contribution is 2.33. The standard InChI is InChI=1S/C12H20O4/c1-12(2,3)16-11(15)9(10(13)14)8-6-4-5-7-8/h8-9H,4-7H2,1-3H3,(H,13,14)/t9-/m1/s1. The highest BCUT2D eigenvalue weighted by Gasteiger charge is 2.39. The number of ether oxygens (including phenoxy) is 1. The number of hydrogen-bond donors (Lipinski definition) is 1. The Labute approximate surface area is 96.0 Å². The van der Waals surface area contributed by atoms with Gasteiger partial charge in [-0.05, 0) is 39.5 Å². The van der Waals surface area contributed by atoms with E-state index in [2.05, 4.69) is 0 Å². The maximum atomic E-state index is 11.8. The second-order valence-electron chi connectivity index (χ2n) is 5.39. The van der Waals surface area contributed by atoms with Crippen LogP contribution in [0.15, 0.2) is 0 Å². The molecule has 0 heterocycles. The molecule has 0 amide bonds. The van der Waals surface area contributed by atoms with Gasteiger partial charge < -0.3 is 9.84 Å². The Morgan fingerprint density at radius 3 is 2.12 bits per heavy atom. The Morgan fingerprint density at radius 1 is 1.25 bits per heavy atom. The third-order valence-corrected chi connectivity index (χ3v) is 2.80. The van der Waals surface area contributed by atoms with Crippen LogP contribution in [0.5, 0.6) is 0 Å². The van der Waals surface area contributed by atoms with Crippen molar-refractivity contribution >= 4 is 11.9 Å². The molecule has 4 heteroatoms. The van der Waals surface area contributed by atoms with Gasteiger partial charge in [0.15, 0.2) is 5.92 Å². The number of esters is 1. The van der Waals surface area contributed by atoms with Crippen molar-refractivity contribution in [2.24, 2.45) is 11.8 Å². The predicted molar refractivity (Wildman–Crippen MR) is 58.9 cm³/mol. The van der Waals surface area contributed by atoms with E-state index in [0.717, 1.165) is 25.7 Å². The minimum Gasteiger partial charge on any atom is -0.481 e. The SMILES string of the molecule is CC(C)(C)OC(=O)[C@@H](C(=O)O)C1CCCC1. The molecule has 1 aliphatic carbocycles. The molecule has 0 aromatic rings. The summed E-state index contributed by atoms with van der Waals surface area (Å²) in [5, 5.41) is 9.10. The van der Waals surface area contributed by atoms with Crippen LogP contribution in [0.25, 0.3) is 0 Å². The summed E-state index contributed by atoms with van der Waals surface area (Å²) in [6.07, 6.45) is 3.65. The molecule has 1 N–H and O–H groups in total. The Morgan fingerprint density at radius 2 is 1.75 bits per heavy atom. The quantitative estimate of drug-likeness (QED) is 0.594. The van der Waals surface area contributed by atoms with Crippen LogP contribution in [0.4, 0.5) is 0 Å². The maximum Gasteiger partial charge on any atom is 0.321 e. The molecule has 0 aromatic heterocycles. The lowest BCUT2D eigenvalue weighted by atomic mass is 9.91. The second-order valence-corrected chi connectivity index (χ2v) is 5.39. The normalized spacial score (nSPS) is 19.4. The van der Waals surface area contributed by atoms with Crippen molar-refractivity contribution in [1.82, 2.24) is 0 Å². The summed E-state index contributed by atoms with van der Waals surface area (Å²) >= 11 is 0. The molecule has 1 aliphatic rings. The number of carbonyl (C=O) groups is 2. The molecular formula is C12H20O4. The minimum atomic E-state index is -1.05. The van der Waals surface area contributed by atoms with Crippen LogP contribution in [0, 0.1) is 11.8 Å². The molecule has 0 bridgehead atoms. The summed E-state index contributed by atoms with van der Waals surface area (Å²) in [4.78, 5) is 22.9. The molecule has 16 heavy (non-hydrogen) atoms. The van der Waals surface area contributed by atoms with Crippen LogP contribution >= 0.6 is 0 Å².